The van der Waals surface area contributed by atoms with Gasteiger partial charge in [0.1, 0.15) is 6.04 Å². The van der Waals surface area contributed by atoms with Crippen molar-refractivity contribution < 1.29 is 0 Å². The Morgan fingerprint density at radius 2 is 1.39 bits per heavy atom. The largest absolute Gasteiger partial charge is 0.369 e. The second-order valence-corrected chi connectivity index (χ2v) is 4.81. The second kappa shape index (κ2) is 4.30. The van der Waals surface area contributed by atoms with Crippen LogP contribution in [-0.2, 0) is 0 Å². The third-order valence-corrected chi connectivity index (χ3v) is 3.25. The van der Waals surface area contributed by atoms with Gasteiger partial charge in [-0.05, 0) is 22.3 Å². The van der Waals surface area contributed by atoms with Crippen LogP contribution in [-0.4, -0.2) is 25.3 Å². The van der Waals surface area contributed by atoms with Gasteiger partial charge in [-0.3, -0.25) is 4.99 Å². The fourth-order valence-corrected chi connectivity index (χ4v) is 2.49. The standard InChI is InChI=1S/C16H16N2/c1-18(2)11-17-16-14-9-5-3-7-12(14)13-8-4-6-10-15(13)16/h3-11,16H,1-2H3. The number of fused-ring (bicyclic) bond motifs is 3. The highest BCUT2D eigenvalue weighted by Crippen LogP contribution is 2.44. The molecule has 90 valence electrons. The second-order valence-electron chi connectivity index (χ2n) is 4.81. The van der Waals surface area contributed by atoms with Crippen LogP contribution in [0.2, 0.25) is 0 Å². The first kappa shape index (κ1) is 11.0. The van der Waals surface area contributed by atoms with Crippen molar-refractivity contribution in [3.63, 3.8) is 0 Å². The van der Waals surface area contributed by atoms with Crippen molar-refractivity contribution in [3.05, 3.63) is 59.7 Å². The molecule has 3 rings (SSSR count). The van der Waals surface area contributed by atoms with Crippen molar-refractivity contribution in [3.8, 4) is 11.1 Å². The molecule has 0 aromatic heterocycles. The fourth-order valence-electron chi connectivity index (χ4n) is 2.49. The molecule has 1 aliphatic rings. The number of hydrogen-bond acceptors (Lipinski definition) is 1. The third kappa shape index (κ3) is 1.70. The van der Waals surface area contributed by atoms with E-state index in [9.17, 15) is 0 Å². The SMILES string of the molecule is CN(C)C=NC1c2ccccc2-c2ccccc21. The molecule has 0 saturated heterocycles. The molecule has 2 heteroatoms. The van der Waals surface area contributed by atoms with Crippen molar-refractivity contribution >= 4 is 6.34 Å². The number of hydrogen-bond donors (Lipinski definition) is 0. The molecular weight excluding hydrogens is 220 g/mol. The minimum Gasteiger partial charge on any atom is -0.369 e. The van der Waals surface area contributed by atoms with Crippen LogP contribution >= 0.6 is 0 Å². The molecule has 0 aliphatic heterocycles. The lowest BCUT2D eigenvalue weighted by atomic mass is 10.1. The Kier molecular flexibility index (Phi) is 2.63. The van der Waals surface area contributed by atoms with Crippen molar-refractivity contribution in [1.82, 2.24) is 4.90 Å². The first-order valence-electron chi connectivity index (χ1n) is 6.15. The van der Waals surface area contributed by atoms with E-state index in [4.69, 9.17) is 4.99 Å². The zero-order valence-electron chi connectivity index (χ0n) is 10.7. The van der Waals surface area contributed by atoms with Crippen LogP contribution in [0.5, 0.6) is 0 Å². The van der Waals surface area contributed by atoms with Crippen LogP contribution in [0.15, 0.2) is 53.5 Å². The third-order valence-electron chi connectivity index (χ3n) is 3.25. The van der Waals surface area contributed by atoms with Crippen LogP contribution in [0, 0.1) is 0 Å². The Labute approximate surface area is 108 Å². The summed E-state index contributed by atoms with van der Waals surface area (Å²) >= 11 is 0. The Morgan fingerprint density at radius 1 is 0.889 bits per heavy atom. The van der Waals surface area contributed by atoms with E-state index in [0.29, 0.717) is 0 Å². The molecule has 0 unspecified atom stereocenters. The summed E-state index contributed by atoms with van der Waals surface area (Å²) in [6, 6.07) is 17.2. The summed E-state index contributed by atoms with van der Waals surface area (Å²) in [4.78, 5) is 6.68. The average molecular weight is 236 g/mol. The van der Waals surface area contributed by atoms with Gasteiger partial charge in [0, 0.05) is 14.1 Å². The van der Waals surface area contributed by atoms with Crippen molar-refractivity contribution in [1.29, 1.82) is 0 Å². The maximum absolute atomic E-state index is 4.71. The van der Waals surface area contributed by atoms with Crippen molar-refractivity contribution in [2.75, 3.05) is 14.1 Å². The van der Waals surface area contributed by atoms with Crippen LogP contribution in [0.4, 0.5) is 0 Å². The fraction of sp³-hybridized carbons (Fsp3) is 0.188. The number of nitrogens with zero attached hydrogens (tertiary/aromatic N) is 2. The maximum atomic E-state index is 4.71. The molecule has 0 saturated carbocycles. The monoisotopic (exact) mass is 236 g/mol. The molecule has 1 aliphatic carbocycles. The van der Waals surface area contributed by atoms with Gasteiger partial charge in [0.25, 0.3) is 0 Å². The maximum Gasteiger partial charge on any atom is 0.103 e. The topological polar surface area (TPSA) is 15.6 Å². The predicted octanol–water partition coefficient (Wildman–Crippen LogP) is 3.35. The quantitative estimate of drug-likeness (QED) is 0.576. The van der Waals surface area contributed by atoms with E-state index in [2.05, 4.69) is 48.5 Å². The molecule has 0 fully saturated rings. The molecule has 0 amide bonds. The van der Waals surface area contributed by atoms with Gasteiger partial charge in [0.15, 0.2) is 0 Å². The van der Waals surface area contributed by atoms with Crippen molar-refractivity contribution in [2.24, 2.45) is 4.99 Å². The number of aliphatic imine (C=N–C) groups is 1. The smallest absolute Gasteiger partial charge is 0.103 e. The molecule has 2 nitrogen and oxygen atoms in total. The summed E-state index contributed by atoms with van der Waals surface area (Å²) in [5, 5.41) is 0. The lowest BCUT2D eigenvalue weighted by Gasteiger charge is -2.10. The Morgan fingerprint density at radius 3 is 1.89 bits per heavy atom. The molecular formula is C16H16N2. The Balaban J connectivity index is 2.15. The lowest BCUT2D eigenvalue weighted by molar-refractivity contribution is 0.634. The van der Waals surface area contributed by atoms with Gasteiger partial charge in [-0.2, -0.15) is 0 Å². The minimum atomic E-state index is 0.139. The first-order chi connectivity index (χ1) is 8.77. The van der Waals surface area contributed by atoms with Gasteiger partial charge in [0.05, 0.1) is 6.34 Å². The number of rotatable bonds is 2. The highest BCUT2D eigenvalue weighted by Gasteiger charge is 2.26. The molecule has 18 heavy (non-hydrogen) atoms. The molecule has 2 aromatic rings. The number of benzene rings is 2. The zero-order chi connectivity index (χ0) is 12.5. The van der Waals surface area contributed by atoms with Gasteiger partial charge in [0.2, 0.25) is 0 Å². The molecule has 0 heterocycles. The van der Waals surface area contributed by atoms with Gasteiger partial charge in [-0.1, -0.05) is 48.5 Å². The average Bonchev–Trinajstić information content (AvgIpc) is 2.71. The van der Waals surface area contributed by atoms with Gasteiger partial charge in [-0.25, -0.2) is 0 Å². The van der Waals surface area contributed by atoms with Crippen LogP contribution < -0.4 is 0 Å². The Bertz CT molecular complexity index is 554. The summed E-state index contributed by atoms with van der Waals surface area (Å²) in [6.45, 7) is 0. The van der Waals surface area contributed by atoms with E-state index < -0.39 is 0 Å². The van der Waals surface area contributed by atoms with Crippen LogP contribution in [0.3, 0.4) is 0 Å². The minimum absolute atomic E-state index is 0.139. The normalized spacial score (nSPS) is 13.7. The summed E-state index contributed by atoms with van der Waals surface area (Å²) in [6.07, 6.45) is 1.89. The Hall–Kier alpha value is -2.09. The van der Waals surface area contributed by atoms with E-state index in [1.54, 1.807) is 0 Å². The summed E-state index contributed by atoms with van der Waals surface area (Å²) in [5.74, 6) is 0. The van der Waals surface area contributed by atoms with Crippen molar-refractivity contribution in [2.45, 2.75) is 6.04 Å². The molecule has 2 aromatic carbocycles. The van der Waals surface area contributed by atoms with E-state index in [1.807, 2.05) is 25.3 Å². The van der Waals surface area contributed by atoms with Gasteiger partial charge in [-0.15, -0.1) is 0 Å². The van der Waals surface area contributed by atoms with E-state index in [-0.39, 0.29) is 6.04 Å². The first-order valence-corrected chi connectivity index (χ1v) is 6.15. The molecule has 0 N–H and O–H groups in total. The highest BCUT2D eigenvalue weighted by molar-refractivity contribution is 5.79. The van der Waals surface area contributed by atoms with Crippen LogP contribution in [0.25, 0.3) is 11.1 Å². The summed E-state index contributed by atoms with van der Waals surface area (Å²) in [5.41, 5.74) is 5.23. The molecule has 0 atom stereocenters. The van der Waals surface area contributed by atoms with E-state index in [0.717, 1.165) is 0 Å². The van der Waals surface area contributed by atoms with E-state index in [1.165, 1.54) is 22.3 Å². The van der Waals surface area contributed by atoms with Gasteiger partial charge >= 0.3 is 0 Å². The van der Waals surface area contributed by atoms with Crippen LogP contribution in [0.1, 0.15) is 17.2 Å². The molecule has 0 bridgehead atoms. The molecule has 0 radical (unpaired) electrons. The highest BCUT2D eigenvalue weighted by atomic mass is 15.1. The summed E-state index contributed by atoms with van der Waals surface area (Å²) < 4.78 is 0. The zero-order valence-corrected chi connectivity index (χ0v) is 10.7. The predicted molar refractivity (Wildman–Crippen MR) is 75.9 cm³/mol. The van der Waals surface area contributed by atoms with E-state index >= 15 is 0 Å². The lowest BCUT2D eigenvalue weighted by Crippen LogP contribution is -2.09. The molecule has 0 spiro atoms. The van der Waals surface area contributed by atoms with Gasteiger partial charge < -0.3 is 4.90 Å². The summed E-state index contributed by atoms with van der Waals surface area (Å²) in [7, 11) is 3.99.